The SMILES string of the molecule is CN(Cc1nc2ccsc2c(=O)[nH]1)C(=O)c1ccc(-c2cncc(N)n2)cc1. The van der Waals surface area contributed by atoms with Gasteiger partial charge in [0.2, 0.25) is 0 Å². The summed E-state index contributed by atoms with van der Waals surface area (Å²) >= 11 is 1.34. The van der Waals surface area contributed by atoms with E-state index in [-0.39, 0.29) is 18.0 Å². The maximum Gasteiger partial charge on any atom is 0.268 e. The Hall–Kier alpha value is -3.59. The lowest BCUT2D eigenvalue weighted by Crippen LogP contribution is -2.28. The zero-order chi connectivity index (χ0) is 19.7. The van der Waals surface area contributed by atoms with Gasteiger partial charge in [-0.1, -0.05) is 12.1 Å². The predicted octanol–water partition coefficient (Wildman–Crippen LogP) is 2.30. The Morgan fingerprint density at radius 1 is 1.18 bits per heavy atom. The molecular formula is C19H16N6O2S. The van der Waals surface area contributed by atoms with E-state index in [0.29, 0.717) is 33.1 Å². The predicted molar refractivity (Wildman–Crippen MR) is 108 cm³/mol. The Balaban J connectivity index is 1.52. The van der Waals surface area contributed by atoms with E-state index in [1.807, 2.05) is 5.38 Å². The summed E-state index contributed by atoms with van der Waals surface area (Å²) in [6, 6.07) is 8.82. The van der Waals surface area contributed by atoms with Crippen LogP contribution in [0.5, 0.6) is 0 Å². The standard InChI is InChI=1S/C19H16N6O2S/c1-25(10-16-23-13-6-7-28-17(13)18(26)24-16)19(27)12-4-2-11(3-5-12)14-8-21-9-15(20)22-14/h2-9H,10H2,1H3,(H2,20,22)(H,23,24,26). The van der Waals surface area contributed by atoms with Crippen molar-refractivity contribution in [1.82, 2.24) is 24.8 Å². The van der Waals surface area contributed by atoms with Gasteiger partial charge in [-0.2, -0.15) is 0 Å². The zero-order valence-corrected chi connectivity index (χ0v) is 15.7. The first-order valence-electron chi connectivity index (χ1n) is 8.41. The summed E-state index contributed by atoms with van der Waals surface area (Å²) < 4.78 is 0.581. The van der Waals surface area contributed by atoms with Crippen molar-refractivity contribution in [3.63, 3.8) is 0 Å². The van der Waals surface area contributed by atoms with Crippen LogP contribution in [0.15, 0.2) is 52.9 Å². The lowest BCUT2D eigenvalue weighted by molar-refractivity contribution is 0.0781. The molecule has 9 heteroatoms. The van der Waals surface area contributed by atoms with Crippen molar-refractivity contribution in [2.75, 3.05) is 12.8 Å². The van der Waals surface area contributed by atoms with Gasteiger partial charge in [0.15, 0.2) is 0 Å². The largest absolute Gasteiger partial charge is 0.382 e. The van der Waals surface area contributed by atoms with E-state index in [2.05, 4.69) is 19.9 Å². The van der Waals surface area contributed by atoms with Crippen molar-refractivity contribution in [2.45, 2.75) is 6.54 Å². The van der Waals surface area contributed by atoms with Crippen molar-refractivity contribution < 1.29 is 4.79 Å². The van der Waals surface area contributed by atoms with Gasteiger partial charge >= 0.3 is 0 Å². The highest BCUT2D eigenvalue weighted by Gasteiger charge is 2.14. The molecule has 0 unspecified atom stereocenters. The summed E-state index contributed by atoms with van der Waals surface area (Å²) in [5.74, 6) is 0.596. The van der Waals surface area contributed by atoms with Crippen molar-refractivity contribution in [2.24, 2.45) is 0 Å². The van der Waals surface area contributed by atoms with E-state index in [1.165, 1.54) is 22.4 Å². The number of hydrogen-bond donors (Lipinski definition) is 2. The summed E-state index contributed by atoms with van der Waals surface area (Å²) in [7, 11) is 1.66. The lowest BCUT2D eigenvalue weighted by Gasteiger charge is -2.16. The molecule has 8 nitrogen and oxygen atoms in total. The number of H-pyrrole nitrogens is 1. The van der Waals surface area contributed by atoms with Crippen molar-refractivity contribution >= 4 is 33.3 Å². The molecule has 0 radical (unpaired) electrons. The number of nitrogens with one attached hydrogen (secondary N) is 1. The third-order valence-electron chi connectivity index (χ3n) is 4.18. The molecule has 0 saturated carbocycles. The average molecular weight is 392 g/mol. The molecule has 3 heterocycles. The Morgan fingerprint density at radius 3 is 2.71 bits per heavy atom. The molecule has 0 aliphatic rings. The summed E-state index contributed by atoms with van der Waals surface area (Å²) in [6.45, 7) is 0.197. The minimum absolute atomic E-state index is 0.182. The van der Waals surface area contributed by atoms with E-state index in [1.54, 1.807) is 43.6 Å². The molecule has 28 heavy (non-hydrogen) atoms. The number of thiophene rings is 1. The molecule has 0 atom stereocenters. The van der Waals surface area contributed by atoms with E-state index in [4.69, 9.17) is 5.73 Å². The van der Waals surface area contributed by atoms with Gasteiger partial charge < -0.3 is 15.6 Å². The zero-order valence-electron chi connectivity index (χ0n) is 14.9. The number of aromatic amines is 1. The van der Waals surface area contributed by atoms with Gasteiger partial charge in [-0.15, -0.1) is 11.3 Å². The third-order valence-corrected chi connectivity index (χ3v) is 5.08. The van der Waals surface area contributed by atoms with Crippen LogP contribution in [0, 0.1) is 0 Å². The van der Waals surface area contributed by atoms with Crippen LogP contribution in [-0.4, -0.2) is 37.8 Å². The molecule has 0 fully saturated rings. The van der Waals surface area contributed by atoms with E-state index < -0.39 is 0 Å². The first-order chi connectivity index (χ1) is 13.5. The molecule has 140 valence electrons. The highest BCUT2D eigenvalue weighted by Crippen LogP contribution is 2.19. The number of carbonyl (C=O) groups is 1. The van der Waals surface area contributed by atoms with Crippen LogP contribution in [0.4, 0.5) is 5.82 Å². The van der Waals surface area contributed by atoms with E-state index in [0.717, 1.165) is 5.56 Å². The molecule has 4 aromatic rings. The molecule has 3 N–H and O–H groups in total. The number of anilines is 1. The Labute approximate surface area is 163 Å². The Bertz CT molecular complexity index is 1220. The highest BCUT2D eigenvalue weighted by molar-refractivity contribution is 7.17. The Morgan fingerprint density at radius 2 is 1.96 bits per heavy atom. The van der Waals surface area contributed by atoms with Crippen LogP contribution in [0.1, 0.15) is 16.2 Å². The quantitative estimate of drug-likeness (QED) is 0.550. The summed E-state index contributed by atoms with van der Waals surface area (Å²) in [4.78, 5) is 41.7. The normalized spacial score (nSPS) is 10.9. The number of rotatable bonds is 4. The highest BCUT2D eigenvalue weighted by atomic mass is 32.1. The van der Waals surface area contributed by atoms with Crippen LogP contribution in [0.2, 0.25) is 0 Å². The van der Waals surface area contributed by atoms with Gasteiger partial charge in [-0.05, 0) is 23.6 Å². The fourth-order valence-electron chi connectivity index (χ4n) is 2.82. The van der Waals surface area contributed by atoms with Crippen LogP contribution >= 0.6 is 11.3 Å². The number of carbonyl (C=O) groups excluding carboxylic acids is 1. The van der Waals surface area contributed by atoms with Crippen LogP contribution in [0.3, 0.4) is 0 Å². The van der Waals surface area contributed by atoms with Gasteiger partial charge in [0.05, 0.1) is 30.1 Å². The van der Waals surface area contributed by atoms with Crippen LogP contribution in [0.25, 0.3) is 21.5 Å². The lowest BCUT2D eigenvalue weighted by atomic mass is 10.1. The first kappa shape index (κ1) is 17.8. The molecule has 0 aliphatic heterocycles. The number of hydrogen-bond acceptors (Lipinski definition) is 7. The molecule has 0 bridgehead atoms. The number of nitrogen functional groups attached to an aromatic ring is 1. The maximum atomic E-state index is 12.7. The smallest absolute Gasteiger partial charge is 0.268 e. The van der Waals surface area contributed by atoms with Gasteiger partial charge in [-0.25, -0.2) is 9.97 Å². The third kappa shape index (κ3) is 3.47. The van der Waals surface area contributed by atoms with Gasteiger partial charge in [0, 0.05) is 18.2 Å². The number of nitrogens with zero attached hydrogens (tertiary/aromatic N) is 4. The molecule has 3 aromatic heterocycles. The number of aromatic nitrogens is 4. The molecule has 0 saturated heterocycles. The second-order valence-electron chi connectivity index (χ2n) is 6.22. The van der Waals surface area contributed by atoms with E-state index >= 15 is 0 Å². The maximum absolute atomic E-state index is 12.7. The van der Waals surface area contributed by atoms with Gasteiger partial charge in [0.25, 0.3) is 11.5 Å². The number of benzene rings is 1. The van der Waals surface area contributed by atoms with Crippen LogP contribution < -0.4 is 11.3 Å². The molecule has 1 aromatic carbocycles. The summed E-state index contributed by atoms with van der Waals surface area (Å²) in [5.41, 5.74) is 8.07. The van der Waals surface area contributed by atoms with Crippen LogP contribution in [-0.2, 0) is 6.54 Å². The Kier molecular flexibility index (Phi) is 4.58. The van der Waals surface area contributed by atoms with E-state index in [9.17, 15) is 9.59 Å². The molecule has 4 rings (SSSR count). The summed E-state index contributed by atoms with van der Waals surface area (Å²) in [5, 5.41) is 1.82. The fraction of sp³-hybridized carbons (Fsp3) is 0.105. The minimum atomic E-state index is -0.191. The average Bonchev–Trinajstić information content (AvgIpc) is 3.17. The molecule has 0 aliphatic carbocycles. The minimum Gasteiger partial charge on any atom is -0.382 e. The monoisotopic (exact) mass is 392 g/mol. The molecule has 0 spiro atoms. The number of fused-ring (bicyclic) bond motifs is 1. The topological polar surface area (TPSA) is 118 Å². The first-order valence-corrected chi connectivity index (χ1v) is 9.29. The second-order valence-corrected chi connectivity index (χ2v) is 7.13. The van der Waals surface area contributed by atoms with Gasteiger partial charge in [-0.3, -0.25) is 14.6 Å². The second kappa shape index (κ2) is 7.20. The number of amides is 1. The van der Waals surface area contributed by atoms with Crippen molar-refractivity contribution in [3.05, 3.63) is 69.8 Å². The number of nitrogens with two attached hydrogens (primary N) is 1. The fourth-order valence-corrected chi connectivity index (χ4v) is 3.54. The van der Waals surface area contributed by atoms with Crippen molar-refractivity contribution in [1.29, 1.82) is 0 Å². The van der Waals surface area contributed by atoms with Gasteiger partial charge in [0.1, 0.15) is 16.3 Å². The van der Waals surface area contributed by atoms with Crippen molar-refractivity contribution in [3.8, 4) is 11.3 Å². The molecular weight excluding hydrogens is 376 g/mol. The molecule has 1 amide bonds. The summed E-state index contributed by atoms with van der Waals surface area (Å²) in [6.07, 6.45) is 3.09.